The maximum Gasteiger partial charge on any atom is 0.335 e. The Hall–Kier alpha value is -4.24. The van der Waals surface area contributed by atoms with Crippen molar-refractivity contribution >= 4 is 46.4 Å². The van der Waals surface area contributed by atoms with Crippen molar-refractivity contribution in [1.29, 1.82) is 0 Å². The van der Waals surface area contributed by atoms with E-state index in [2.05, 4.69) is 10.6 Å². The molecule has 32 heavy (non-hydrogen) atoms. The second-order valence-electron chi connectivity index (χ2n) is 6.64. The molecule has 9 heteroatoms. The molecule has 2 amide bonds. The molecule has 3 rings (SSSR count). The first-order valence-corrected chi connectivity index (χ1v) is 9.73. The van der Waals surface area contributed by atoms with Crippen LogP contribution >= 0.6 is 12.2 Å². The third-order valence-corrected chi connectivity index (χ3v) is 4.78. The SMILES string of the molecule is COc1ccc(C(=O)Nc2cc(C(=O)O)ccc2NC(=O)c2ccc(C(N)=S)cc2)cc1. The Labute approximate surface area is 189 Å². The van der Waals surface area contributed by atoms with Crippen molar-refractivity contribution in [2.24, 2.45) is 5.73 Å². The van der Waals surface area contributed by atoms with Gasteiger partial charge in [-0.3, -0.25) is 9.59 Å². The summed E-state index contributed by atoms with van der Waals surface area (Å²) in [5, 5.41) is 14.6. The Morgan fingerprint density at radius 3 is 1.75 bits per heavy atom. The number of carbonyl (C=O) groups is 3. The minimum Gasteiger partial charge on any atom is -0.497 e. The summed E-state index contributed by atoms with van der Waals surface area (Å²) in [7, 11) is 1.51. The monoisotopic (exact) mass is 449 g/mol. The summed E-state index contributed by atoms with van der Waals surface area (Å²) in [6.45, 7) is 0. The Morgan fingerprint density at radius 2 is 1.25 bits per heavy atom. The second kappa shape index (κ2) is 9.71. The zero-order valence-corrected chi connectivity index (χ0v) is 17.7. The highest BCUT2D eigenvalue weighted by Crippen LogP contribution is 2.25. The van der Waals surface area contributed by atoms with Crippen LogP contribution in [0, 0.1) is 0 Å². The van der Waals surface area contributed by atoms with Gasteiger partial charge in [0.05, 0.1) is 24.0 Å². The number of carboxylic acids is 1. The van der Waals surface area contributed by atoms with Crippen molar-refractivity contribution < 1.29 is 24.2 Å². The van der Waals surface area contributed by atoms with Crippen LogP contribution in [0.2, 0.25) is 0 Å². The van der Waals surface area contributed by atoms with Gasteiger partial charge in [-0.05, 0) is 54.6 Å². The highest BCUT2D eigenvalue weighted by atomic mass is 32.1. The van der Waals surface area contributed by atoms with Gasteiger partial charge in [0.15, 0.2) is 0 Å². The van der Waals surface area contributed by atoms with E-state index in [0.29, 0.717) is 22.4 Å². The van der Waals surface area contributed by atoms with Crippen LogP contribution in [-0.4, -0.2) is 35.0 Å². The number of hydrogen-bond donors (Lipinski definition) is 4. The van der Waals surface area contributed by atoms with E-state index in [1.54, 1.807) is 48.5 Å². The summed E-state index contributed by atoms with van der Waals surface area (Å²) in [6.07, 6.45) is 0. The third-order valence-electron chi connectivity index (χ3n) is 4.55. The fourth-order valence-corrected chi connectivity index (χ4v) is 2.94. The maximum absolute atomic E-state index is 12.7. The largest absolute Gasteiger partial charge is 0.497 e. The normalized spacial score (nSPS) is 10.2. The molecule has 3 aromatic carbocycles. The number of rotatable bonds is 7. The van der Waals surface area contributed by atoms with Gasteiger partial charge in [0.1, 0.15) is 10.7 Å². The van der Waals surface area contributed by atoms with Crippen LogP contribution in [0.4, 0.5) is 11.4 Å². The number of thiocarbonyl (C=S) groups is 1. The van der Waals surface area contributed by atoms with Crippen molar-refractivity contribution in [3.05, 3.63) is 89.0 Å². The molecule has 0 saturated heterocycles. The predicted molar refractivity (Wildman–Crippen MR) is 125 cm³/mol. The average molecular weight is 449 g/mol. The molecule has 0 radical (unpaired) electrons. The Morgan fingerprint density at radius 1 is 0.781 bits per heavy atom. The minimum absolute atomic E-state index is 0.0474. The van der Waals surface area contributed by atoms with Crippen LogP contribution < -0.4 is 21.1 Å². The van der Waals surface area contributed by atoms with E-state index in [-0.39, 0.29) is 21.9 Å². The molecule has 8 nitrogen and oxygen atoms in total. The number of carbonyl (C=O) groups excluding carboxylic acids is 2. The lowest BCUT2D eigenvalue weighted by Gasteiger charge is -2.14. The van der Waals surface area contributed by atoms with Gasteiger partial charge in [-0.15, -0.1) is 0 Å². The highest BCUT2D eigenvalue weighted by molar-refractivity contribution is 7.80. The summed E-state index contributed by atoms with van der Waals surface area (Å²) in [4.78, 5) is 36.9. The summed E-state index contributed by atoms with van der Waals surface area (Å²) in [5.74, 6) is -1.52. The topological polar surface area (TPSA) is 131 Å². The number of nitrogens with two attached hydrogens (primary N) is 1. The number of benzene rings is 3. The molecule has 0 aliphatic heterocycles. The number of nitrogens with one attached hydrogen (secondary N) is 2. The van der Waals surface area contributed by atoms with Crippen LogP contribution in [0.15, 0.2) is 66.7 Å². The lowest BCUT2D eigenvalue weighted by Crippen LogP contribution is -2.17. The highest BCUT2D eigenvalue weighted by Gasteiger charge is 2.15. The summed E-state index contributed by atoms with van der Waals surface area (Å²) >= 11 is 4.90. The minimum atomic E-state index is -1.17. The molecule has 0 unspecified atom stereocenters. The zero-order chi connectivity index (χ0) is 23.3. The number of hydrogen-bond acceptors (Lipinski definition) is 5. The third kappa shape index (κ3) is 5.27. The molecule has 0 aromatic heterocycles. The summed E-state index contributed by atoms with van der Waals surface area (Å²) in [6, 6.07) is 16.8. The molecule has 0 saturated carbocycles. The van der Waals surface area contributed by atoms with Crippen molar-refractivity contribution in [1.82, 2.24) is 0 Å². The van der Waals surface area contributed by atoms with E-state index in [4.69, 9.17) is 22.7 Å². The van der Waals surface area contributed by atoms with Crippen LogP contribution in [0.25, 0.3) is 0 Å². The molecule has 0 fully saturated rings. The van der Waals surface area contributed by atoms with Gasteiger partial charge in [-0.1, -0.05) is 24.4 Å². The van der Waals surface area contributed by atoms with Crippen molar-refractivity contribution in [2.45, 2.75) is 0 Å². The van der Waals surface area contributed by atoms with Crippen molar-refractivity contribution in [3.63, 3.8) is 0 Å². The first-order valence-electron chi connectivity index (χ1n) is 9.32. The van der Waals surface area contributed by atoms with Crippen LogP contribution in [-0.2, 0) is 0 Å². The molecule has 0 heterocycles. The Kier molecular flexibility index (Phi) is 6.81. The quantitative estimate of drug-likeness (QED) is 0.406. The van der Waals surface area contributed by atoms with E-state index in [1.165, 1.54) is 25.3 Å². The van der Waals surface area contributed by atoms with Gasteiger partial charge >= 0.3 is 5.97 Å². The lowest BCUT2D eigenvalue weighted by molar-refractivity contribution is 0.0696. The summed E-state index contributed by atoms with van der Waals surface area (Å²) < 4.78 is 5.08. The van der Waals surface area contributed by atoms with Crippen molar-refractivity contribution in [3.8, 4) is 5.75 Å². The van der Waals surface area contributed by atoms with Crippen molar-refractivity contribution in [2.75, 3.05) is 17.7 Å². The standard InChI is InChI=1S/C23H19N3O5S/c1-31-17-9-6-15(7-10-17)22(28)26-19-12-16(23(29)30)8-11-18(19)25-21(27)14-4-2-13(3-5-14)20(24)32/h2-12H,1H3,(H2,24,32)(H,25,27)(H,26,28)(H,29,30). The van der Waals surface area contributed by atoms with E-state index < -0.39 is 17.8 Å². The number of anilines is 2. The van der Waals surface area contributed by atoms with Crippen LogP contribution in [0.1, 0.15) is 36.6 Å². The van der Waals surface area contributed by atoms with Gasteiger partial charge in [0.25, 0.3) is 11.8 Å². The van der Waals surface area contributed by atoms with Gasteiger partial charge in [0, 0.05) is 16.7 Å². The van der Waals surface area contributed by atoms with E-state index in [0.717, 1.165) is 0 Å². The molecule has 0 atom stereocenters. The molecule has 3 aromatic rings. The average Bonchev–Trinajstić information content (AvgIpc) is 2.80. The van der Waals surface area contributed by atoms with Crippen LogP contribution in [0.3, 0.4) is 0 Å². The van der Waals surface area contributed by atoms with E-state index >= 15 is 0 Å². The molecule has 0 aliphatic carbocycles. The Bertz CT molecular complexity index is 1190. The molecule has 0 spiro atoms. The number of ether oxygens (including phenoxy) is 1. The predicted octanol–water partition coefficient (Wildman–Crippen LogP) is 3.53. The smallest absolute Gasteiger partial charge is 0.335 e. The first-order chi connectivity index (χ1) is 15.3. The molecule has 5 N–H and O–H groups in total. The molecular weight excluding hydrogens is 430 g/mol. The number of methoxy groups -OCH3 is 1. The van der Waals surface area contributed by atoms with Gasteiger partial charge in [-0.25, -0.2) is 4.79 Å². The van der Waals surface area contributed by atoms with Gasteiger partial charge in [0.2, 0.25) is 0 Å². The van der Waals surface area contributed by atoms with E-state index in [9.17, 15) is 19.5 Å². The van der Waals surface area contributed by atoms with Gasteiger partial charge < -0.3 is 26.2 Å². The molecule has 162 valence electrons. The number of aromatic carboxylic acids is 1. The fourth-order valence-electron chi connectivity index (χ4n) is 2.81. The van der Waals surface area contributed by atoms with Crippen LogP contribution in [0.5, 0.6) is 5.75 Å². The van der Waals surface area contributed by atoms with E-state index in [1.807, 2.05) is 0 Å². The van der Waals surface area contributed by atoms with Gasteiger partial charge in [-0.2, -0.15) is 0 Å². The lowest BCUT2D eigenvalue weighted by atomic mass is 10.1. The first kappa shape index (κ1) is 22.4. The molecule has 0 aliphatic rings. The maximum atomic E-state index is 12.7. The zero-order valence-electron chi connectivity index (χ0n) is 16.9. The fraction of sp³-hybridized carbons (Fsp3) is 0.0435. The number of amides is 2. The molecule has 0 bridgehead atoms. The second-order valence-corrected chi connectivity index (χ2v) is 7.08. The summed E-state index contributed by atoms with van der Waals surface area (Å²) in [5.41, 5.74) is 7.18. The molecular formula is C23H19N3O5S. The number of carboxylic acid groups (broad SMARTS) is 1. The Balaban J connectivity index is 1.86.